The summed E-state index contributed by atoms with van der Waals surface area (Å²) in [6.45, 7) is 3.68. The van der Waals surface area contributed by atoms with Crippen molar-refractivity contribution >= 4 is 16.9 Å². The number of aryl methyl sites for hydroxylation is 2. The lowest BCUT2D eigenvalue weighted by Gasteiger charge is -2.11. The van der Waals surface area contributed by atoms with Crippen molar-refractivity contribution < 1.29 is 14.3 Å². The van der Waals surface area contributed by atoms with Crippen LogP contribution in [0.4, 0.5) is 0 Å². The maximum Gasteiger partial charge on any atom is 0.251 e. The molecule has 0 saturated carbocycles. The minimum Gasteiger partial charge on any atom is -0.497 e. The van der Waals surface area contributed by atoms with Crippen LogP contribution in [0.15, 0.2) is 72.8 Å². The van der Waals surface area contributed by atoms with Crippen molar-refractivity contribution in [3.8, 4) is 11.5 Å². The van der Waals surface area contributed by atoms with Crippen molar-refractivity contribution in [3.05, 3.63) is 89.7 Å². The molecule has 0 spiro atoms. The highest BCUT2D eigenvalue weighted by atomic mass is 16.5. The van der Waals surface area contributed by atoms with Gasteiger partial charge in [-0.15, -0.1) is 0 Å². The Morgan fingerprint density at radius 3 is 2.44 bits per heavy atom. The Morgan fingerprint density at radius 2 is 1.69 bits per heavy atom. The van der Waals surface area contributed by atoms with Crippen LogP contribution in [-0.4, -0.2) is 29.2 Å². The van der Waals surface area contributed by atoms with Crippen LogP contribution in [-0.2, 0) is 13.1 Å². The molecule has 164 valence electrons. The van der Waals surface area contributed by atoms with Crippen LogP contribution < -0.4 is 14.8 Å². The third kappa shape index (κ3) is 5.09. The lowest BCUT2D eigenvalue weighted by molar-refractivity contribution is 0.0949. The Morgan fingerprint density at radius 1 is 0.969 bits per heavy atom. The lowest BCUT2D eigenvalue weighted by Crippen LogP contribution is -2.25. The fraction of sp³-hybridized carbons (Fsp3) is 0.231. The third-order valence-electron chi connectivity index (χ3n) is 5.31. The predicted molar refractivity (Wildman–Crippen MR) is 125 cm³/mol. The number of benzene rings is 3. The largest absolute Gasteiger partial charge is 0.497 e. The molecule has 0 bridgehead atoms. The van der Waals surface area contributed by atoms with Crippen LogP contribution in [0.25, 0.3) is 11.0 Å². The number of amides is 1. The highest BCUT2D eigenvalue weighted by Crippen LogP contribution is 2.19. The second-order valence-corrected chi connectivity index (χ2v) is 7.59. The summed E-state index contributed by atoms with van der Waals surface area (Å²) >= 11 is 0. The molecule has 0 saturated heterocycles. The van der Waals surface area contributed by atoms with Gasteiger partial charge in [0.2, 0.25) is 0 Å². The van der Waals surface area contributed by atoms with Crippen molar-refractivity contribution in [1.29, 1.82) is 0 Å². The van der Waals surface area contributed by atoms with Gasteiger partial charge in [-0.3, -0.25) is 4.79 Å². The number of fused-ring (bicyclic) bond motifs is 1. The van der Waals surface area contributed by atoms with Gasteiger partial charge < -0.3 is 19.4 Å². The number of imidazole rings is 1. The summed E-state index contributed by atoms with van der Waals surface area (Å²) in [6.07, 6.45) is 0.811. The van der Waals surface area contributed by atoms with E-state index in [4.69, 9.17) is 14.5 Å². The fourth-order valence-electron chi connectivity index (χ4n) is 3.56. The summed E-state index contributed by atoms with van der Waals surface area (Å²) < 4.78 is 13.2. The first kappa shape index (κ1) is 21.4. The molecule has 1 N–H and O–H groups in total. The second kappa shape index (κ2) is 10.0. The predicted octanol–water partition coefficient (Wildman–Crippen LogP) is 4.75. The number of carbonyl (C=O) groups excluding carboxylic acids is 1. The van der Waals surface area contributed by atoms with Crippen molar-refractivity contribution in [2.45, 2.75) is 26.4 Å². The fourth-order valence-corrected chi connectivity index (χ4v) is 3.56. The zero-order valence-electron chi connectivity index (χ0n) is 18.4. The molecular weight excluding hydrogens is 402 g/mol. The normalized spacial score (nSPS) is 10.8. The summed E-state index contributed by atoms with van der Waals surface area (Å²) in [5.74, 6) is 2.34. The molecule has 6 heteroatoms. The summed E-state index contributed by atoms with van der Waals surface area (Å²) in [5, 5.41) is 3.00. The molecule has 1 aromatic heterocycles. The van der Waals surface area contributed by atoms with E-state index in [0.29, 0.717) is 18.7 Å². The SMILES string of the molecule is COc1ccc(OCCCn2c(CNC(=O)c3ccc(C)cc3)nc3ccccc32)cc1. The van der Waals surface area contributed by atoms with Gasteiger partial charge in [0, 0.05) is 12.1 Å². The number of nitrogens with zero attached hydrogens (tertiary/aromatic N) is 2. The number of para-hydroxylation sites is 2. The molecule has 0 fully saturated rings. The van der Waals surface area contributed by atoms with E-state index in [0.717, 1.165) is 46.9 Å². The minimum atomic E-state index is -0.105. The summed E-state index contributed by atoms with van der Waals surface area (Å²) in [7, 11) is 1.64. The van der Waals surface area contributed by atoms with E-state index < -0.39 is 0 Å². The van der Waals surface area contributed by atoms with Crippen molar-refractivity contribution in [2.24, 2.45) is 0 Å². The van der Waals surface area contributed by atoms with Crippen LogP contribution in [0.1, 0.15) is 28.2 Å². The molecule has 0 aliphatic carbocycles. The molecule has 6 nitrogen and oxygen atoms in total. The molecule has 32 heavy (non-hydrogen) atoms. The maximum atomic E-state index is 12.5. The van der Waals surface area contributed by atoms with Gasteiger partial charge in [-0.2, -0.15) is 0 Å². The number of ether oxygens (including phenoxy) is 2. The second-order valence-electron chi connectivity index (χ2n) is 7.59. The van der Waals surface area contributed by atoms with Crippen LogP contribution >= 0.6 is 0 Å². The van der Waals surface area contributed by atoms with Gasteiger partial charge in [0.05, 0.1) is 31.3 Å². The van der Waals surface area contributed by atoms with E-state index in [1.165, 1.54) is 0 Å². The highest BCUT2D eigenvalue weighted by Gasteiger charge is 2.12. The quantitative estimate of drug-likeness (QED) is 0.390. The first-order valence-corrected chi connectivity index (χ1v) is 10.7. The standard InChI is InChI=1S/C26H27N3O3/c1-19-8-10-20(11-9-19)26(30)27-18-25-28-23-6-3-4-7-24(23)29(25)16-5-17-32-22-14-12-21(31-2)13-15-22/h3-4,6-15H,5,16-18H2,1-2H3,(H,27,30). The Kier molecular flexibility index (Phi) is 6.70. The zero-order valence-corrected chi connectivity index (χ0v) is 18.4. The topological polar surface area (TPSA) is 65.4 Å². The molecule has 4 rings (SSSR count). The minimum absolute atomic E-state index is 0.105. The highest BCUT2D eigenvalue weighted by molar-refractivity contribution is 5.94. The van der Waals surface area contributed by atoms with Crippen molar-refractivity contribution in [2.75, 3.05) is 13.7 Å². The average molecular weight is 430 g/mol. The smallest absolute Gasteiger partial charge is 0.251 e. The number of rotatable bonds is 9. The van der Waals surface area contributed by atoms with E-state index in [9.17, 15) is 4.79 Å². The van der Waals surface area contributed by atoms with Gasteiger partial charge in [-0.1, -0.05) is 29.8 Å². The van der Waals surface area contributed by atoms with Gasteiger partial charge >= 0.3 is 0 Å². The molecule has 0 radical (unpaired) electrons. The molecule has 0 aliphatic rings. The van der Waals surface area contributed by atoms with Crippen LogP contribution in [0.3, 0.4) is 0 Å². The Labute approximate surface area is 187 Å². The van der Waals surface area contributed by atoms with Crippen molar-refractivity contribution in [3.63, 3.8) is 0 Å². The van der Waals surface area contributed by atoms with E-state index >= 15 is 0 Å². The molecule has 4 aromatic rings. The summed E-state index contributed by atoms with van der Waals surface area (Å²) in [5.41, 5.74) is 3.74. The lowest BCUT2D eigenvalue weighted by atomic mass is 10.1. The Balaban J connectivity index is 1.40. The van der Waals surface area contributed by atoms with Crippen molar-refractivity contribution in [1.82, 2.24) is 14.9 Å². The monoisotopic (exact) mass is 429 g/mol. The number of methoxy groups -OCH3 is 1. The van der Waals surface area contributed by atoms with E-state index in [2.05, 4.69) is 16.0 Å². The summed E-state index contributed by atoms with van der Waals surface area (Å²) in [6, 6.07) is 23.1. The van der Waals surface area contributed by atoms with E-state index in [1.54, 1.807) is 7.11 Å². The van der Waals surface area contributed by atoms with Crippen LogP contribution in [0.5, 0.6) is 11.5 Å². The van der Waals surface area contributed by atoms with Gasteiger partial charge in [0.25, 0.3) is 5.91 Å². The first-order valence-electron chi connectivity index (χ1n) is 10.7. The van der Waals surface area contributed by atoms with Gasteiger partial charge in [-0.05, 0) is 61.9 Å². The van der Waals surface area contributed by atoms with Gasteiger partial charge in [0.15, 0.2) is 0 Å². The van der Waals surface area contributed by atoms with E-state index in [-0.39, 0.29) is 5.91 Å². The Bertz CT molecular complexity index is 1180. The van der Waals surface area contributed by atoms with Gasteiger partial charge in [0.1, 0.15) is 17.3 Å². The first-order chi connectivity index (χ1) is 15.6. The van der Waals surface area contributed by atoms with E-state index in [1.807, 2.05) is 73.7 Å². The zero-order chi connectivity index (χ0) is 22.3. The third-order valence-corrected chi connectivity index (χ3v) is 5.31. The molecular formula is C26H27N3O3. The molecule has 0 unspecified atom stereocenters. The van der Waals surface area contributed by atoms with Gasteiger partial charge in [-0.25, -0.2) is 4.98 Å². The average Bonchev–Trinajstić information content (AvgIpc) is 3.18. The molecule has 3 aromatic carbocycles. The molecule has 0 aliphatic heterocycles. The molecule has 0 atom stereocenters. The number of aromatic nitrogens is 2. The maximum absolute atomic E-state index is 12.5. The molecule has 1 amide bonds. The van der Waals surface area contributed by atoms with Crippen LogP contribution in [0.2, 0.25) is 0 Å². The number of hydrogen-bond acceptors (Lipinski definition) is 4. The van der Waals surface area contributed by atoms with Crippen LogP contribution in [0, 0.1) is 6.92 Å². The number of carbonyl (C=O) groups is 1. The molecule has 1 heterocycles. The Hall–Kier alpha value is -3.80. The number of nitrogens with one attached hydrogen (secondary N) is 1. The summed E-state index contributed by atoms with van der Waals surface area (Å²) in [4.78, 5) is 17.3. The number of hydrogen-bond donors (Lipinski definition) is 1.